The number of benzene rings is 2. The van der Waals surface area contributed by atoms with Crippen molar-refractivity contribution in [1.82, 2.24) is 0 Å². The first kappa shape index (κ1) is 18.7. The molecule has 28 heavy (non-hydrogen) atoms. The number of methoxy groups -OCH3 is 3. The van der Waals surface area contributed by atoms with Gasteiger partial charge in [-0.05, 0) is 42.3 Å². The Balaban J connectivity index is 1.78. The number of hydrogen-bond acceptors (Lipinski definition) is 6. The Bertz CT molecular complexity index is 1040. The smallest absolute Gasteiger partial charge is 0.207 e. The Morgan fingerprint density at radius 1 is 1.04 bits per heavy atom. The van der Waals surface area contributed by atoms with Gasteiger partial charge in [-0.2, -0.15) is 4.99 Å². The van der Waals surface area contributed by atoms with Crippen LogP contribution in [0.5, 0.6) is 23.0 Å². The fourth-order valence-corrected chi connectivity index (χ4v) is 3.77. The first-order valence-corrected chi connectivity index (χ1v) is 9.31. The Morgan fingerprint density at radius 2 is 1.82 bits per heavy atom. The Labute approximate surface area is 172 Å². The van der Waals surface area contributed by atoms with E-state index in [1.165, 1.54) is 0 Å². The first-order chi connectivity index (χ1) is 13.5. The van der Waals surface area contributed by atoms with E-state index < -0.39 is 0 Å². The summed E-state index contributed by atoms with van der Waals surface area (Å²) in [6.45, 7) is 0. The maximum Gasteiger partial charge on any atom is 0.207 e. The summed E-state index contributed by atoms with van der Waals surface area (Å²) >= 11 is 11.6. The Morgan fingerprint density at radius 3 is 2.54 bits per heavy atom. The van der Waals surface area contributed by atoms with E-state index >= 15 is 0 Å². The monoisotopic (exact) mass is 416 g/mol. The molecule has 0 saturated carbocycles. The van der Waals surface area contributed by atoms with Crippen LogP contribution in [-0.4, -0.2) is 38.1 Å². The molecule has 2 aromatic rings. The van der Waals surface area contributed by atoms with Gasteiger partial charge in [-0.3, -0.25) is 0 Å². The molecule has 6 nitrogen and oxygen atoms in total. The topological polar surface area (TPSA) is 61.6 Å². The summed E-state index contributed by atoms with van der Waals surface area (Å²) in [4.78, 5) is 9.68. The van der Waals surface area contributed by atoms with Crippen LogP contribution >= 0.6 is 23.8 Å². The minimum absolute atomic E-state index is 0.198. The van der Waals surface area contributed by atoms with Crippen LogP contribution in [0, 0.1) is 5.92 Å². The van der Waals surface area contributed by atoms with E-state index in [0.29, 0.717) is 51.0 Å². The third kappa shape index (κ3) is 3.10. The summed E-state index contributed by atoms with van der Waals surface area (Å²) in [6.07, 6.45) is 0.646. The summed E-state index contributed by atoms with van der Waals surface area (Å²) in [7, 11) is 4.66. The quantitative estimate of drug-likeness (QED) is 0.702. The van der Waals surface area contributed by atoms with E-state index in [-0.39, 0.29) is 5.92 Å². The zero-order valence-electron chi connectivity index (χ0n) is 15.5. The lowest BCUT2D eigenvalue weighted by atomic mass is 9.94. The zero-order valence-corrected chi connectivity index (χ0v) is 17.1. The van der Waals surface area contributed by atoms with Crippen molar-refractivity contribution in [2.75, 3.05) is 21.3 Å². The summed E-state index contributed by atoms with van der Waals surface area (Å²) in [6, 6.07) is 9.08. The number of aliphatic imine (C=N–C) groups is 2. The number of fused-ring (bicyclic) bond motifs is 2. The fraction of sp³-hybridized carbons (Fsp3) is 0.250. The van der Waals surface area contributed by atoms with Crippen LogP contribution in [0.3, 0.4) is 0 Å². The average Bonchev–Trinajstić information content (AvgIpc) is 2.71. The number of ether oxygens (including phenoxy) is 4. The molecule has 2 aliphatic rings. The van der Waals surface area contributed by atoms with Crippen molar-refractivity contribution in [1.29, 1.82) is 0 Å². The van der Waals surface area contributed by atoms with E-state index in [9.17, 15) is 0 Å². The Kier molecular flexibility index (Phi) is 4.95. The maximum absolute atomic E-state index is 6.10. The molecule has 1 unspecified atom stereocenters. The zero-order chi connectivity index (χ0) is 19.8. The summed E-state index contributed by atoms with van der Waals surface area (Å²) in [5.74, 6) is 2.93. The highest BCUT2D eigenvalue weighted by molar-refractivity contribution is 7.80. The standard InChI is InChI=1S/C20H17ClN2O4S/c1-24-15-7-5-12(16(25-2)17(15)26-3)18-22-19-13(20(28)23-18)9-10-8-11(21)4-6-14(10)27-19/h4-8,13H,9H2,1-3H3. The molecule has 2 heterocycles. The van der Waals surface area contributed by atoms with Gasteiger partial charge < -0.3 is 18.9 Å². The highest BCUT2D eigenvalue weighted by atomic mass is 35.5. The lowest BCUT2D eigenvalue weighted by Gasteiger charge is -2.28. The van der Waals surface area contributed by atoms with Crippen molar-refractivity contribution in [3.8, 4) is 23.0 Å². The van der Waals surface area contributed by atoms with E-state index in [1.807, 2.05) is 18.2 Å². The van der Waals surface area contributed by atoms with Crippen LogP contribution in [0.15, 0.2) is 40.3 Å². The molecule has 0 amide bonds. The second-order valence-electron chi connectivity index (χ2n) is 6.22. The van der Waals surface area contributed by atoms with Crippen LogP contribution in [0.25, 0.3) is 0 Å². The SMILES string of the molecule is COc1ccc(C2=NC(=S)C3Cc4cc(Cl)ccc4OC3=N2)c(OC)c1OC. The molecule has 0 N–H and O–H groups in total. The number of hydrogen-bond donors (Lipinski definition) is 0. The number of thiocarbonyl (C=S) groups is 1. The van der Waals surface area contributed by atoms with Crippen LogP contribution < -0.4 is 18.9 Å². The molecule has 0 aromatic heterocycles. The van der Waals surface area contributed by atoms with Gasteiger partial charge in [0.05, 0.1) is 32.8 Å². The molecule has 8 heteroatoms. The lowest BCUT2D eigenvalue weighted by molar-refractivity contribution is 0.324. The van der Waals surface area contributed by atoms with Crippen molar-refractivity contribution in [3.63, 3.8) is 0 Å². The van der Waals surface area contributed by atoms with Crippen molar-refractivity contribution in [2.45, 2.75) is 6.42 Å². The molecular weight excluding hydrogens is 400 g/mol. The molecule has 1 atom stereocenters. The number of nitrogens with zero attached hydrogens (tertiary/aromatic N) is 2. The van der Waals surface area contributed by atoms with Crippen molar-refractivity contribution in [2.24, 2.45) is 15.9 Å². The van der Waals surface area contributed by atoms with Gasteiger partial charge in [-0.15, -0.1) is 0 Å². The summed E-state index contributed by atoms with van der Waals surface area (Å²) in [5, 5.41) is 0.656. The van der Waals surface area contributed by atoms with E-state index in [0.717, 1.165) is 11.3 Å². The highest BCUT2D eigenvalue weighted by Gasteiger charge is 2.34. The number of rotatable bonds is 4. The van der Waals surface area contributed by atoms with Gasteiger partial charge in [0.25, 0.3) is 0 Å². The minimum Gasteiger partial charge on any atom is -0.493 e. The second kappa shape index (κ2) is 7.41. The minimum atomic E-state index is -0.198. The molecule has 0 saturated heterocycles. The molecular formula is C20H17ClN2O4S. The molecule has 2 aliphatic heterocycles. The van der Waals surface area contributed by atoms with Crippen molar-refractivity contribution >= 4 is 40.5 Å². The maximum atomic E-state index is 6.10. The van der Waals surface area contributed by atoms with E-state index in [1.54, 1.807) is 33.5 Å². The highest BCUT2D eigenvalue weighted by Crippen LogP contribution is 2.41. The summed E-state index contributed by atoms with van der Waals surface area (Å²) < 4.78 is 22.3. The third-order valence-electron chi connectivity index (χ3n) is 4.63. The molecule has 0 radical (unpaired) electrons. The lowest BCUT2D eigenvalue weighted by Crippen LogP contribution is -2.36. The van der Waals surface area contributed by atoms with Gasteiger partial charge in [-0.25, -0.2) is 4.99 Å². The molecule has 0 bridgehead atoms. The number of halogens is 1. The molecule has 0 aliphatic carbocycles. The Hall–Kier alpha value is -2.64. The molecule has 144 valence electrons. The van der Waals surface area contributed by atoms with Gasteiger partial charge in [0, 0.05) is 5.02 Å². The predicted octanol–water partition coefficient (Wildman–Crippen LogP) is 4.10. The predicted molar refractivity (Wildman–Crippen MR) is 112 cm³/mol. The normalized spacial score (nSPS) is 17.6. The first-order valence-electron chi connectivity index (χ1n) is 8.52. The van der Waals surface area contributed by atoms with Gasteiger partial charge in [0.15, 0.2) is 17.3 Å². The van der Waals surface area contributed by atoms with Crippen molar-refractivity contribution < 1.29 is 18.9 Å². The van der Waals surface area contributed by atoms with E-state index in [2.05, 4.69) is 9.98 Å². The van der Waals surface area contributed by atoms with Crippen LogP contribution in [-0.2, 0) is 6.42 Å². The fourth-order valence-electron chi connectivity index (χ4n) is 3.30. The van der Waals surface area contributed by atoms with Crippen LogP contribution in [0.2, 0.25) is 5.02 Å². The van der Waals surface area contributed by atoms with Crippen molar-refractivity contribution in [3.05, 3.63) is 46.5 Å². The van der Waals surface area contributed by atoms with Gasteiger partial charge >= 0.3 is 0 Å². The number of amidine groups is 1. The molecule has 4 rings (SSSR count). The molecule has 0 spiro atoms. The van der Waals surface area contributed by atoms with Gasteiger partial charge in [-0.1, -0.05) is 23.8 Å². The molecule has 0 fully saturated rings. The average molecular weight is 417 g/mol. The second-order valence-corrected chi connectivity index (χ2v) is 7.07. The largest absolute Gasteiger partial charge is 0.493 e. The van der Waals surface area contributed by atoms with Crippen LogP contribution in [0.1, 0.15) is 11.1 Å². The summed E-state index contributed by atoms with van der Waals surface area (Å²) in [5.41, 5.74) is 1.63. The van der Waals surface area contributed by atoms with Gasteiger partial charge in [0.2, 0.25) is 11.6 Å². The van der Waals surface area contributed by atoms with Gasteiger partial charge in [0.1, 0.15) is 10.7 Å². The third-order valence-corrected chi connectivity index (χ3v) is 5.25. The van der Waals surface area contributed by atoms with E-state index in [4.69, 9.17) is 42.8 Å². The van der Waals surface area contributed by atoms with Crippen LogP contribution in [0.4, 0.5) is 0 Å². The molecule has 2 aromatic carbocycles.